The second-order valence-corrected chi connectivity index (χ2v) is 7.87. The molecule has 0 atom stereocenters. The van der Waals surface area contributed by atoms with Gasteiger partial charge in [-0.05, 0) is 82.2 Å². The summed E-state index contributed by atoms with van der Waals surface area (Å²) >= 11 is 0. The van der Waals surface area contributed by atoms with Gasteiger partial charge in [-0.2, -0.15) is 0 Å². The van der Waals surface area contributed by atoms with Crippen LogP contribution >= 0.6 is 0 Å². The largest absolute Gasteiger partial charge is 0.416 e. The van der Waals surface area contributed by atoms with Crippen molar-refractivity contribution in [3.05, 3.63) is 59.7 Å². The summed E-state index contributed by atoms with van der Waals surface area (Å²) in [5, 5.41) is 11.3. The van der Waals surface area contributed by atoms with Gasteiger partial charge in [-0.3, -0.25) is 4.79 Å². The minimum Gasteiger partial charge on any atom is -0.416 e. The molecule has 1 amide bonds. The number of carbonyl (C=O) groups is 1. The third-order valence-electron chi connectivity index (χ3n) is 5.50. The quantitative estimate of drug-likeness (QED) is 0.594. The lowest BCUT2D eigenvalue weighted by molar-refractivity contribution is 0.0951. The maximum atomic E-state index is 12.4. The number of nitrogens with one attached hydrogen (secondary N) is 1. The highest BCUT2D eigenvalue weighted by Gasteiger charge is 2.12. The minimum absolute atomic E-state index is 0.0499. The number of hydrogen-bond acceptors (Lipinski definition) is 5. The van der Waals surface area contributed by atoms with Crippen LogP contribution in [0.4, 0.5) is 0 Å². The van der Waals surface area contributed by atoms with Gasteiger partial charge in [0.15, 0.2) is 0 Å². The Balaban J connectivity index is 1.30. The van der Waals surface area contributed by atoms with Gasteiger partial charge >= 0.3 is 0 Å². The average molecular weight is 405 g/mol. The Kier molecular flexibility index (Phi) is 6.54. The van der Waals surface area contributed by atoms with E-state index in [0.29, 0.717) is 23.9 Å². The van der Waals surface area contributed by atoms with Crippen LogP contribution in [0.3, 0.4) is 0 Å². The molecule has 2 heterocycles. The van der Waals surface area contributed by atoms with Gasteiger partial charge in [-0.15, -0.1) is 10.2 Å². The normalized spacial score (nSPS) is 14.6. The summed E-state index contributed by atoms with van der Waals surface area (Å²) in [4.78, 5) is 14.9. The first kappa shape index (κ1) is 20.3. The number of rotatable bonds is 7. The molecule has 1 aliphatic rings. The van der Waals surface area contributed by atoms with Crippen molar-refractivity contribution in [2.75, 3.05) is 26.2 Å². The molecular formula is C24H28N4O2. The van der Waals surface area contributed by atoms with E-state index in [0.717, 1.165) is 24.1 Å². The zero-order valence-electron chi connectivity index (χ0n) is 17.4. The van der Waals surface area contributed by atoms with Crippen LogP contribution in [0, 0.1) is 6.92 Å². The number of piperidine rings is 1. The molecule has 6 nitrogen and oxygen atoms in total. The third kappa shape index (κ3) is 5.13. The van der Waals surface area contributed by atoms with Crippen molar-refractivity contribution in [3.63, 3.8) is 0 Å². The van der Waals surface area contributed by atoms with E-state index in [1.165, 1.54) is 37.9 Å². The number of benzene rings is 2. The van der Waals surface area contributed by atoms with E-state index in [9.17, 15) is 4.79 Å². The summed E-state index contributed by atoms with van der Waals surface area (Å²) in [5.74, 6) is 0.880. The molecule has 0 radical (unpaired) electrons. The average Bonchev–Trinajstić information content (AvgIpc) is 3.28. The fraction of sp³-hybridized carbons (Fsp3) is 0.375. The van der Waals surface area contributed by atoms with Gasteiger partial charge in [0, 0.05) is 23.2 Å². The predicted octanol–water partition coefficient (Wildman–Crippen LogP) is 4.32. The van der Waals surface area contributed by atoms with Gasteiger partial charge in [-0.25, -0.2) is 0 Å². The van der Waals surface area contributed by atoms with Crippen LogP contribution in [-0.4, -0.2) is 47.2 Å². The summed E-state index contributed by atoms with van der Waals surface area (Å²) in [6.07, 6.45) is 4.92. The number of likely N-dealkylation sites (tertiary alicyclic amines) is 1. The van der Waals surface area contributed by atoms with Crippen molar-refractivity contribution in [3.8, 4) is 22.9 Å². The number of carbonyl (C=O) groups excluding carboxylic acids is 1. The second kappa shape index (κ2) is 9.67. The van der Waals surface area contributed by atoms with Crippen LogP contribution < -0.4 is 5.32 Å². The lowest BCUT2D eigenvalue weighted by Gasteiger charge is -2.26. The Hall–Kier alpha value is -2.99. The van der Waals surface area contributed by atoms with Crippen molar-refractivity contribution in [1.82, 2.24) is 20.4 Å². The molecule has 0 bridgehead atoms. The molecule has 156 valence electrons. The maximum absolute atomic E-state index is 12.4. The Labute approximate surface area is 177 Å². The SMILES string of the molecule is Cc1ccc(-c2nnc(-c3ccc(C(=O)NCCCN4CCCCC4)cc3)o2)cc1. The molecular weight excluding hydrogens is 376 g/mol. The van der Waals surface area contributed by atoms with Crippen LogP contribution in [-0.2, 0) is 0 Å². The smallest absolute Gasteiger partial charge is 0.251 e. The van der Waals surface area contributed by atoms with Crippen LogP contribution in [0.1, 0.15) is 41.6 Å². The van der Waals surface area contributed by atoms with Crippen molar-refractivity contribution < 1.29 is 9.21 Å². The number of aromatic nitrogens is 2. The van der Waals surface area contributed by atoms with E-state index >= 15 is 0 Å². The highest BCUT2D eigenvalue weighted by molar-refractivity contribution is 5.94. The number of nitrogens with zero attached hydrogens (tertiary/aromatic N) is 3. The van der Waals surface area contributed by atoms with Crippen LogP contribution in [0.15, 0.2) is 52.9 Å². The van der Waals surface area contributed by atoms with Crippen molar-refractivity contribution in [1.29, 1.82) is 0 Å². The van der Waals surface area contributed by atoms with Gasteiger partial charge in [0.25, 0.3) is 5.91 Å². The Morgan fingerprint density at radius 1 is 0.933 bits per heavy atom. The zero-order chi connectivity index (χ0) is 20.8. The van der Waals surface area contributed by atoms with E-state index in [1.807, 2.05) is 43.3 Å². The highest BCUT2D eigenvalue weighted by atomic mass is 16.4. The molecule has 0 unspecified atom stereocenters. The molecule has 1 N–H and O–H groups in total. The number of hydrogen-bond donors (Lipinski definition) is 1. The monoisotopic (exact) mass is 404 g/mol. The number of aryl methyl sites for hydroxylation is 1. The minimum atomic E-state index is -0.0499. The molecule has 6 heteroatoms. The first-order valence-electron chi connectivity index (χ1n) is 10.7. The van der Waals surface area contributed by atoms with E-state index < -0.39 is 0 Å². The zero-order valence-corrected chi connectivity index (χ0v) is 17.4. The van der Waals surface area contributed by atoms with Gasteiger partial charge in [0.05, 0.1) is 0 Å². The van der Waals surface area contributed by atoms with E-state index in [2.05, 4.69) is 20.4 Å². The molecule has 0 aliphatic carbocycles. The molecule has 4 rings (SSSR count). The fourth-order valence-corrected chi connectivity index (χ4v) is 3.71. The lowest BCUT2D eigenvalue weighted by Crippen LogP contribution is -2.33. The van der Waals surface area contributed by atoms with Crippen molar-refractivity contribution in [2.45, 2.75) is 32.6 Å². The van der Waals surface area contributed by atoms with Gasteiger partial charge in [0.1, 0.15) is 0 Å². The van der Waals surface area contributed by atoms with Crippen LogP contribution in [0.25, 0.3) is 22.9 Å². The highest BCUT2D eigenvalue weighted by Crippen LogP contribution is 2.24. The van der Waals surface area contributed by atoms with Gasteiger partial charge in [0.2, 0.25) is 11.8 Å². The predicted molar refractivity (Wildman–Crippen MR) is 117 cm³/mol. The molecule has 1 fully saturated rings. The van der Waals surface area contributed by atoms with Crippen LogP contribution in [0.5, 0.6) is 0 Å². The first-order chi connectivity index (χ1) is 14.7. The molecule has 1 aromatic heterocycles. The van der Waals surface area contributed by atoms with Gasteiger partial charge < -0.3 is 14.6 Å². The van der Waals surface area contributed by atoms with E-state index in [1.54, 1.807) is 12.1 Å². The third-order valence-corrected chi connectivity index (χ3v) is 5.50. The Bertz CT molecular complexity index is 958. The maximum Gasteiger partial charge on any atom is 0.251 e. The van der Waals surface area contributed by atoms with Crippen LogP contribution in [0.2, 0.25) is 0 Å². The molecule has 0 saturated carbocycles. The van der Waals surface area contributed by atoms with Crippen molar-refractivity contribution in [2.24, 2.45) is 0 Å². The fourth-order valence-electron chi connectivity index (χ4n) is 3.71. The molecule has 3 aromatic rings. The lowest BCUT2D eigenvalue weighted by atomic mass is 10.1. The summed E-state index contributed by atoms with van der Waals surface area (Å²) in [6.45, 7) is 6.17. The summed E-state index contributed by atoms with van der Waals surface area (Å²) < 4.78 is 5.81. The molecule has 0 spiro atoms. The standard InChI is InChI=1S/C24H28N4O2/c1-18-6-8-20(9-7-18)23-26-27-24(30-23)21-12-10-19(11-13-21)22(29)25-14-5-17-28-15-3-2-4-16-28/h6-13H,2-5,14-17H2,1H3,(H,25,29). The Morgan fingerprint density at radius 3 is 2.17 bits per heavy atom. The van der Waals surface area contributed by atoms with E-state index in [-0.39, 0.29) is 5.91 Å². The summed E-state index contributed by atoms with van der Waals surface area (Å²) in [6, 6.07) is 15.2. The molecule has 1 aliphatic heterocycles. The summed E-state index contributed by atoms with van der Waals surface area (Å²) in [5.41, 5.74) is 3.50. The first-order valence-corrected chi connectivity index (χ1v) is 10.7. The summed E-state index contributed by atoms with van der Waals surface area (Å²) in [7, 11) is 0. The second-order valence-electron chi connectivity index (χ2n) is 7.87. The van der Waals surface area contributed by atoms with Gasteiger partial charge in [-0.1, -0.05) is 24.1 Å². The molecule has 1 saturated heterocycles. The van der Waals surface area contributed by atoms with E-state index in [4.69, 9.17) is 4.42 Å². The van der Waals surface area contributed by atoms with Crippen molar-refractivity contribution >= 4 is 5.91 Å². The topological polar surface area (TPSA) is 71.3 Å². The molecule has 2 aromatic carbocycles. The molecule has 30 heavy (non-hydrogen) atoms. The number of amides is 1. The Morgan fingerprint density at radius 2 is 1.53 bits per heavy atom.